The number of unbranched alkanes of at least 4 members (excludes halogenated alkanes) is 3. The van der Waals surface area contributed by atoms with Crippen molar-refractivity contribution in [3.63, 3.8) is 0 Å². The van der Waals surface area contributed by atoms with Gasteiger partial charge in [-0.25, -0.2) is 23.8 Å². The molecule has 1 fully saturated rings. The highest BCUT2D eigenvalue weighted by Crippen LogP contribution is 2.66. The summed E-state index contributed by atoms with van der Waals surface area (Å²) in [5.41, 5.74) is 10.4. The summed E-state index contributed by atoms with van der Waals surface area (Å²) >= 11 is 0. The molecule has 19 nitrogen and oxygen atoms in total. The molecule has 216 valence electrons. The van der Waals surface area contributed by atoms with Gasteiger partial charge in [-0.3, -0.25) is 18.9 Å². The van der Waals surface area contributed by atoms with Crippen LogP contribution in [0.25, 0.3) is 11.2 Å². The van der Waals surface area contributed by atoms with E-state index in [4.69, 9.17) is 16.2 Å². The van der Waals surface area contributed by atoms with Crippen LogP contribution in [-0.4, -0.2) is 71.2 Å². The second-order valence-electron chi connectivity index (χ2n) is 8.24. The molecule has 6 atom stereocenters. The van der Waals surface area contributed by atoms with E-state index in [0.717, 1.165) is 12.8 Å². The Labute approximate surface area is 215 Å². The number of H-pyrrole nitrogens is 1. The van der Waals surface area contributed by atoms with Crippen molar-refractivity contribution in [3.8, 4) is 0 Å². The highest BCUT2D eigenvalue weighted by molar-refractivity contribution is 7.67. The second kappa shape index (κ2) is 12.7. The van der Waals surface area contributed by atoms with Crippen LogP contribution in [0.5, 0.6) is 0 Å². The summed E-state index contributed by atoms with van der Waals surface area (Å²) in [5, 5.41) is 12.3. The SMILES string of the molecule is NCCCCCCNP(=O)(O)OP(=O)(O)OP(=O)(O)OC[C@H]1O[C@@H](n2cnc3c(=O)[nH]c(N)nc32)C[C@@H]1O. The van der Waals surface area contributed by atoms with Crippen molar-refractivity contribution in [2.45, 2.75) is 50.5 Å². The Bertz CT molecular complexity index is 1300. The van der Waals surface area contributed by atoms with Crippen molar-refractivity contribution in [1.82, 2.24) is 24.6 Å². The lowest BCUT2D eigenvalue weighted by Crippen LogP contribution is -2.26. The third kappa shape index (κ3) is 8.72. The Morgan fingerprint density at radius 3 is 2.58 bits per heavy atom. The number of nitrogens with zero attached hydrogens (tertiary/aromatic N) is 3. The number of anilines is 1. The van der Waals surface area contributed by atoms with Gasteiger partial charge >= 0.3 is 23.4 Å². The molecule has 3 unspecified atom stereocenters. The molecule has 0 aromatic carbocycles. The number of hydrogen-bond donors (Lipinski definition) is 8. The number of nitrogen functional groups attached to an aromatic ring is 1. The smallest absolute Gasteiger partial charge is 0.390 e. The summed E-state index contributed by atoms with van der Waals surface area (Å²) < 4.78 is 56.0. The van der Waals surface area contributed by atoms with Crippen LogP contribution >= 0.6 is 23.4 Å². The van der Waals surface area contributed by atoms with E-state index in [9.17, 15) is 38.3 Å². The van der Waals surface area contributed by atoms with Gasteiger partial charge in [0.1, 0.15) is 12.3 Å². The molecule has 2 aromatic rings. The Kier molecular flexibility index (Phi) is 10.4. The Balaban J connectivity index is 1.52. The standard InChI is InChI=1S/C16H30N7O12P3/c17-5-3-1-2-4-6-20-36(26,27)34-38(30,31)35-37(28,29)32-8-11-10(24)7-12(33-11)23-9-19-13-14(23)21-16(18)22-15(13)25/h9-12,24H,1-8,17H2,(H,28,29)(H,30,31)(H2,20,26,27)(H3,18,21,22,25)/t10-,11+,12+/m0/s1. The lowest BCUT2D eigenvalue weighted by atomic mass is 10.2. The zero-order valence-corrected chi connectivity index (χ0v) is 22.5. The summed E-state index contributed by atoms with van der Waals surface area (Å²) in [5.74, 6) is -0.179. The zero-order valence-electron chi connectivity index (χ0n) is 19.9. The van der Waals surface area contributed by atoms with Crippen molar-refractivity contribution in [3.05, 3.63) is 16.7 Å². The predicted molar refractivity (Wildman–Crippen MR) is 130 cm³/mol. The molecule has 0 bridgehead atoms. The average Bonchev–Trinajstić information content (AvgIpc) is 3.36. The van der Waals surface area contributed by atoms with Crippen LogP contribution in [0, 0.1) is 0 Å². The molecule has 3 heterocycles. The van der Waals surface area contributed by atoms with Gasteiger partial charge in [-0.15, -0.1) is 0 Å². The number of aromatic nitrogens is 4. The fourth-order valence-electron chi connectivity index (χ4n) is 3.54. The number of imidazole rings is 1. The van der Waals surface area contributed by atoms with Crippen LogP contribution in [0.15, 0.2) is 11.1 Å². The highest BCUT2D eigenvalue weighted by Gasteiger charge is 2.43. The first-order valence-corrected chi connectivity index (χ1v) is 15.9. The lowest BCUT2D eigenvalue weighted by molar-refractivity contribution is -0.0423. The van der Waals surface area contributed by atoms with Crippen LogP contribution in [0.3, 0.4) is 0 Å². The maximum atomic E-state index is 12.2. The number of rotatable bonds is 15. The molecular weight excluding hydrogens is 575 g/mol. The molecule has 38 heavy (non-hydrogen) atoms. The number of aliphatic hydroxyl groups is 1. The molecular formula is C16H30N7O12P3. The van der Waals surface area contributed by atoms with E-state index < -0.39 is 54.0 Å². The van der Waals surface area contributed by atoms with Crippen molar-refractivity contribution in [2.24, 2.45) is 5.73 Å². The number of ether oxygens (including phenoxy) is 1. The van der Waals surface area contributed by atoms with E-state index in [0.29, 0.717) is 19.4 Å². The minimum atomic E-state index is -5.57. The van der Waals surface area contributed by atoms with Gasteiger partial charge in [0.05, 0.1) is 19.0 Å². The maximum absolute atomic E-state index is 12.2. The molecule has 1 aliphatic rings. The van der Waals surface area contributed by atoms with E-state index in [1.54, 1.807) is 0 Å². The molecule has 22 heteroatoms. The third-order valence-electron chi connectivity index (χ3n) is 5.23. The van der Waals surface area contributed by atoms with Gasteiger partial charge in [0.2, 0.25) is 5.95 Å². The molecule has 1 saturated heterocycles. The Hall–Kier alpha value is -1.56. The number of aromatic amines is 1. The molecule has 0 amide bonds. The lowest BCUT2D eigenvalue weighted by Gasteiger charge is -2.20. The molecule has 1 aliphatic heterocycles. The molecule has 0 radical (unpaired) electrons. The van der Waals surface area contributed by atoms with E-state index in [1.807, 2.05) is 5.09 Å². The van der Waals surface area contributed by atoms with Crippen LogP contribution < -0.4 is 22.1 Å². The van der Waals surface area contributed by atoms with Gasteiger partial charge in [-0.1, -0.05) is 12.8 Å². The average molecular weight is 605 g/mol. The third-order valence-corrected chi connectivity index (χ3v) is 9.69. The monoisotopic (exact) mass is 605 g/mol. The zero-order chi connectivity index (χ0) is 28.1. The number of fused-ring (bicyclic) bond motifs is 1. The van der Waals surface area contributed by atoms with Crippen molar-refractivity contribution in [1.29, 1.82) is 0 Å². The predicted octanol–water partition coefficient (Wildman–Crippen LogP) is -0.190. The van der Waals surface area contributed by atoms with Crippen LogP contribution in [-0.2, 0) is 31.6 Å². The first-order valence-electron chi connectivity index (χ1n) is 11.3. The van der Waals surface area contributed by atoms with E-state index in [2.05, 4.69) is 28.1 Å². The number of hydrogen-bond acceptors (Lipinski definition) is 13. The van der Waals surface area contributed by atoms with E-state index in [-0.39, 0.29) is 30.1 Å². The number of phosphoric ester groups is 1. The Morgan fingerprint density at radius 1 is 1.16 bits per heavy atom. The van der Waals surface area contributed by atoms with E-state index in [1.165, 1.54) is 10.9 Å². The molecule has 2 aromatic heterocycles. The van der Waals surface area contributed by atoms with Gasteiger partial charge in [0.15, 0.2) is 11.2 Å². The number of phosphoric acid groups is 2. The summed E-state index contributed by atoms with van der Waals surface area (Å²) in [6.07, 6.45) is 0.419. The fourth-order valence-corrected chi connectivity index (χ4v) is 7.28. The second-order valence-corrected chi connectivity index (χ2v) is 13.0. The van der Waals surface area contributed by atoms with Crippen molar-refractivity contribution >= 4 is 40.5 Å². The summed E-state index contributed by atoms with van der Waals surface area (Å²) in [6.45, 7) is -0.342. The molecule has 0 aliphatic carbocycles. The quantitative estimate of drug-likeness (QED) is 0.0963. The number of aliphatic hydroxyl groups excluding tert-OH is 1. The first-order chi connectivity index (χ1) is 17.7. The van der Waals surface area contributed by atoms with Gasteiger partial charge in [0.25, 0.3) is 5.56 Å². The minimum absolute atomic E-state index is 0.0359. The Morgan fingerprint density at radius 2 is 1.87 bits per heavy atom. The van der Waals surface area contributed by atoms with Crippen LogP contribution in [0.1, 0.15) is 38.3 Å². The molecule has 0 saturated carbocycles. The fraction of sp³-hybridized carbons (Fsp3) is 0.688. The maximum Gasteiger partial charge on any atom is 0.489 e. The van der Waals surface area contributed by atoms with Crippen LogP contribution in [0.4, 0.5) is 5.95 Å². The van der Waals surface area contributed by atoms with Crippen molar-refractivity contribution < 1.29 is 51.4 Å². The largest absolute Gasteiger partial charge is 0.489 e. The molecule has 3 rings (SSSR count). The molecule has 10 N–H and O–H groups in total. The normalized spacial score (nSPS) is 24.7. The summed E-state index contributed by atoms with van der Waals surface area (Å²) in [4.78, 5) is 51.3. The van der Waals surface area contributed by atoms with Gasteiger partial charge in [-0.05, 0) is 19.4 Å². The number of nitrogens with one attached hydrogen (secondary N) is 2. The summed E-state index contributed by atoms with van der Waals surface area (Å²) in [6, 6.07) is 0. The van der Waals surface area contributed by atoms with Gasteiger partial charge in [-0.2, -0.15) is 13.6 Å². The van der Waals surface area contributed by atoms with Gasteiger partial charge in [0, 0.05) is 13.0 Å². The van der Waals surface area contributed by atoms with E-state index >= 15 is 0 Å². The number of nitrogens with two attached hydrogens (primary N) is 2. The van der Waals surface area contributed by atoms with Gasteiger partial charge < -0.3 is 36.0 Å². The molecule has 0 spiro atoms. The van der Waals surface area contributed by atoms with Crippen molar-refractivity contribution in [2.75, 3.05) is 25.4 Å². The first kappa shape index (κ1) is 31.0. The minimum Gasteiger partial charge on any atom is -0.390 e. The summed E-state index contributed by atoms with van der Waals surface area (Å²) in [7, 11) is -15.8. The topological polar surface area (TPSA) is 297 Å². The van der Waals surface area contributed by atoms with Crippen LogP contribution in [0.2, 0.25) is 0 Å². The highest BCUT2D eigenvalue weighted by atomic mass is 31.3.